The van der Waals surface area contributed by atoms with Gasteiger partial charge in [-0.15, -0.1) is 11.3 Å². The molecule has 16 heavy (non-hydrogen) atoms. The van der Waals surface area contributed by atoms with E-state index in [1.165, 1.54) is 0 Å². The van der Waals surface area contributed by atoms with E-state index in [2.05, 4.69) is 15.6 Å². The third-order valence-corrected chi connectivity index (χ3v) is 3.46. The third kappa shape index (κ3) is 4.17. The molecule has 90 valence electrons. The van der Waals surface area contributed by atoms with E-state index < -0.39 is 0 Å². The van der Waals surface area contributed by atoms with Crippen molar-refractivity contribution in [2.24, 2.45) is 0 Å². The average Bonchev–Trinajstić information content (AvgIpc) is 2.83. The van der Waals surface area contributed by atoms with Gasteiger partial charge in [0.2, 0.25) is 0 Å². The van der Waals surface area contributed by atoms with Gasteiger partial charge in [0.1, 0.15) is 5.01 Å². The van der Waals surface area contributed by atoms with Crippen LogP contribution < -0.4 is 10.6 Å². The van der Waals surface area contributed by atoms with Gasteiger partial charge in [-0.3, -0.25) is 0 Å². The molecule has 1 aromatic heterocycles. The Kier molecular flexibility index (Phi) is 5.21. The largest absolute Gasteiger partial charge is 0.377 e. The molecule has 2 N–H and O–H groups in total. The van der Waals surface area contributed by atoms with Crippen LogP contribution in [0.3, 0.4) is 0 Å². The number of nitrogens with zero attached hydrogens (tertiary/aromatic N) is 1. The Labute approximate surface area is 100 Å². The Hall–Kier alpha value is -0.490. The van der Waals surface area contributed by atoms with Crippen molar-refractivity contribution in [2.75, 3.05) is 26.2 Å². The zero-order valence-corrected chi connectivity index (χ0v) is 10.3. The van der Waals surface area contributed by atoms with Crippen LogP contribution in [-0.4, -0.2) is 37.3 Å². The molecule has 0 amide bonds. The SMILES string of the molecule is c1csc(CNCCOC2CCNCC2)n1. The van der Waals surface area contributed by atoms with Gasteiger partial charge in [0.15, 0.2) is 0 Å². The normalized spacial score (nSPS) is 17.8. The van der Waals surface area contributed by atoms with Crippen molar-refractivity contribution in [2.45, 2.75) is 25.5 Å². The molecule has 1 saturated heterocycles. The number of hydrogen-bond acceptors (Lipinski definition) is 5. The zero-order valence-electron chi connectivity index (χ0n) is 9.45. The van der Waals surface area contributed by atoms with Crippen molar-refractivity contribution in [1.82, 2.24) is 15.6 Å². The van der Waals surface area contributed by atoms with Gasteiger partial charge in [-0.05, 0) is 25.9 Å². The lowest BCUT2D eigenvalue weighted by Crippen LogP contribution is -2.33. The summed E-state index contributed by atoms with van der Waals surface area (Å²) in [5, 5.41) is 9.81. The van der Waals surface area contributed by atoms with Crippen molar-refractivity contribution in [3.8, 4) is 0 Å². The van der Waals surface area contributed by atoms with E-state index in [-0.39, 0.29) is 0 Å². The molecule has 0 bridgehead atoms. The van der Waals surface area contributed by atoms with E-state index >= 15 is 0 Å². The van der Waals surface area contributed by atoms with Gasteiger partial charge in [0.05, 0.1) is 12.7 Å². The number of nitrogens with one attached hydrogen (secondary N) is 2. The Morgan fingerprint density at radius 2 is 2.38 bits per heavy atom. The summed E-state index contributed by atoms with van der Waals surface area (Å²) in [5.74, 6) is 0. The number of hydrogen-bond donors (Lipinski definition) is 2. The van der Waals surface area contributed by atoms with E-state index in [1.807, 2.05) is 11.6 Å². The summed E-state index contributed by atoms with van der Waals surface area (Å²) in [7, 11) is 0. The predicted molar refractivity (Wildman–Crippen MR) is 65.7 cm³/mol. The summed E-state index contributed by atoms with van der Waals surface area (Å²) in [6, 6.07) is 0. The van der Waals surface area contributed by atoms with E-state index in [0.717, 1.165) is 50.6 Å². The van der Waals surface area contributed by atoms with Gasteiger partial charge in [-0.2, -0.15) is 0 Å². The lowest BCUT2D eigenvalue weighted by molar-refractivity contribution is 0.0347. The lowest BCUT2D eigenvalue weighted by Gasteiger charge is -2.22. The summed E-state index contributed by atoms with van der Waals surface area (Å²) < 4.78 is 5.78. The second-order valence-corrected chi connectivity index (χ2v) is 4.90. The quantitative estimate of drug-likeness (QED) is 0.730. The minimum Gasteiger partial charge on any atom is -0.377 e. The molecule has 4 nitrogen and oxygen atoms in total. The summed E-state index contributed by atoms with van der Waals surface area (Å²) in [6.45, 7) is 4.75. The Morgan fingerprint density at radius 3 is 3.12 bits per heavy atom. The molecule has 0 saturated carbocycles. The van der Waals surface area contributed by atoms with Crippen molar-refractivity contribution in [1.29, 1.82) is 0 Å². The number of ether oxygens (including phenoxy) is 1. The minimum absolute atomic E-state index is 0.461. The standard InChI is InChI=1S/C11H19N3OS/c1-3-12-4-2-10(1)15-7-5-13-9-11-14-6-8-16-11/h6,8,10,12-13H,1-5,7,9H2. The lowest BCUT2D eigenvalue weighted by atomic mass is 10.1. The molecule has 1 aliphatic rings. The van der Waals surface area contributed by atoms with Gasteiger partial charge < -0.3 is 15.4 Å². The van der Waals surface area contributed by atoms with Crippen LogP contribution in [0, 0.1) is 0 Å². The molecule has 2 rings (SSSR count). The van der Waals surface area contributed by atoms with Gasteiger partial charge in [0.25, 0.3) is 0 Å². The first-order valence-corrected chi connectivity index (χ1v) is 6.74. The summed E-state index contributed by atoms with van der Waals surface area (Å²) in [5.41, 5.74) is 0. The Bertz CT molecular complexity index is 273. The maximum Gasteiger partial charge on any atom is 0.106 e. The van der Waals surface area contributed by atoms with Crippen LogP contribution in [0.5, 0.6) is 0 Å². The monoisotopic (exact) mass is 241 g/mol. The molecule has 0 aromatic carbocycles. The zero-order chi connectivity index (χ0) is 11.1. The van der Waals surface area contributed by atoms with Gasteiger partial charge in [0, 0.05) is 24.7 Å². The summed E-state index contributed by atoms with van der Waals surface area (Å²) in [6.07, 6.45) is 4.59. The highest BCUT2D eigenvalue weighted by Crippen LogP contribution is 2.06. The van der Waals surface area contributed by atoms with Crippen LogP contribution in [0.4, 0.5) is 0 Å². The molecule has 1 aromatic rings. The smallest absolute Gasteiger partial charge is 0.106 e. The Balaban J connectivity index is 1.48. The van der Waals surface area contributed by atoms with E-state index in [1.54, 1.807) is 11.3 Å². The first-order valence-electron chi connectivity index (χ1n) is 5.86. The molecule has 1 aliphatic heterocycles. The van der Waals surface area contributed by atoms with Crippen LogP contribution in [-0.2, 0) is 11.3 Å². The molecular weight excluding hydrogens is 222 g/mol. The molecular formula is C11H19N3OS. The van der Waals surface area contributed by atoms with Crippen molar-refractivity contribution in [3.63, 3.8) is 0 Å². The highest BCUT2D eigenvalue weighted by Gasteiger charge is 2.12. The molecule has 0 atom stereocenters. The van der Waals surface area contributed by atoms with Crippen LogP contribution in [0.25, 0.3) is 0 Å². The first kappa shape index (κ1) is 12.0. The van der Waals surface area contributed by atoms with Crippen LogP contribution >= 0.6 is 11.3 Å². The fourth-order valence-corrected chi connectivity index (χ4v) is 2.38. The summed E-state index contributed by atoms with van der Waals surface area (Å²) in [4.78, 5) is 4.21. The Morgan fingerprint density at radius 1 is 1.50 bits per heavy atom. The second kappa shape index (κ2) is 6.96. The van der Waals surface area contributed by atoms with Crippen LogP contribution in [0.2, 0.25) is 0 Å². The molecule has 5 heteroatoms. The topological polar surface area (TPSA) is 46.2 Å². The van der Waals surface area contributed by atoms with Crippen molar-refractivity contribution in [3.05, 3.63) is 16.6 Å². The maximum absolute atomic E-state index is 5.78. The maximum atomic E-state index is 5.78. The minimum atomic E-state index is 0.461. The molecule has 2 heterocycles. The molecule has 0 aliphatic carbocycles. The molecule has 0 radical (unpaired) electrons. The van der Waals surface area contributed by atoms with Crippen LogP contribution in [0.1, 0.15) is 17.8 Å². The predicted octanol–water partition coefficient (Wildman–Crippen LogP) is 1.00. The number of rotatable bonds is 6. The van der Waals surface area contributed by atoms with E-state index in [4.69, 9.17) is 4.74 Å². The second-order valence-electron chi connectivity index (χ2n) is 3.92. The number of thiazole rings is 1. The number of aromatic nitrogens is 1. The van der Waals surface area contributed by atoms with Crippen molar-refractivity contribution >= 4 is 11.3 Å². The molecule has 0 unspecified atom stereocenters. The summed E-state index contributed by atoms with van der Waals surface area (Å²) >= 11 is 1.69. The van der Waals surface area contributed by atoms with Crippen molar-refractivity contribution < 1.29 is 4.74 Å². The van der Waals surface area contributed by atoms with Gasteiger partial charge in [-0.25, -0.2) is 4.98 Å². The highest BCUT2D eigenvalue weighted by atomic mass is 32.1. The van der Waals surface area contributed by atoms with E-state index in [0.29, 0.717) is 6.10 Å². The van der Waals surface area contributed by atoms with Gasteiger partial charge >= 0.3 is 0 Å². The first-order chi connectivity index (χ1) is 7.95. The van der Waals surface area contributed by atoms with Gasteiger partial charge in [-0.1, -0.05) is 0 Å². The highest BCUT2D eigenvalue weighted by molar-refractivity contribution is 7.09. The average molecular weight is 241 g/mol. The molecule has 1 fully saturated rings. The van der Waals surface area contributed by atoms with Crippen LogP contribution in [0.15, 0.2) is 11.6 Å². The molecule has 0 spiro atoms. The third-order valence-electron chi connectivity index (χ3n) is 2.68. The fourth-order valence-electron chi connectivity index (χ4n) is 1.80. The van der Waals surface area contributed by atoms with E-state index in [9.17, 15) is 0 Å². The number of piperidine rings is 1. The fraction of sp³-hybridized carbons (Fsp3) is 0.727.